The second-order valence-corrected chi connectivity index (χ2v) is 4.89. The maximum absolute atomic E-state index is 11.5. The van der Waals surface area contributed by atoms with E-state index in [0.29, 0.717) is 13.1 Å². The lowest BCUT2D eigenvalue weighted by molar-refractivity contribution is -0.698. The first-order valence-corrected chi connectivity index (χ1v) is 7.64. The Bertz CT molecular complexity index is 612. The predicted octanol–water partition coefficient (Wildman–Crippen LogP) is 0.604. The topological polar surface area (TPSA) is 60.4 Å². The van der Waals surface area contributed by atoms with E-state index in [2.05, 4.69) is 0 Å². The molecule has 0 radical (unpaired) electrons. The molecule has 0 spiro atoms. The molecule has 0 atom stereocenters. The molecule has 124 valence electrons. The molecule has 0 bridgehead atoms. The SMILES string of the molecule is O=C(/C=C/C(=O)OCC[n+]1ccccc1)OCC[n+]1ccccc1. The molecule has 0 N–H and O–H groups in total. The maximum Gasteiger partial charge on any atom is 0.331 e. The van der Waals surface area contributed by atoms with Crippen molar-refractivity contribution in [3.05, 3.63) is 73.3 Å². The van der Waals surface area contributed by atoms with Crippen molar-refractivity contribution in [2.45, 2.75) is 13.1 Å². The van der Waals surface area contributed by atoms with E-state index in [1.165, 1.54) is 0 Å². The first-order valence-electron chi connectivity index (χ1n) is 7.64. The maximum atomic E-state index is 11.5. The van der Waals surface area contributed by atoms with Crippen molar-refractivity contribution in [3.63, 3.8) is 0 Å². The number of carbonyl (C=O) groups is 2. The highest BCUT2D eigenvalue weighted by molar-refractivity contribution is 5.91. The molecule has 0 aliphatic heterocycles. The van der Waals surface area contributed by atoms with Gasteiger partial charge in [-0.25, -0.2) is 18.7 Å². The Morgan fingerprint density at radius 3 is 1.42 bits per heavy atom. The Morgan fingerprint density at radius 1 is 0.667 bits per heavy atom. The lowest BCUT2D eigenvalue weighted by Crippen LogP contribution is -2.35. The van der Waals surface area contributed by atoms with Gasteiger partial charge in [-0.05, 0) is 0 Å². The van der Waals surface area contributed by atoms with Gasteiger partial charge in [-0.15, -0.1) is 0 Å². The van der Waals surface area contributed by atoms with E-state index in [1.54, 1.807) is 0 Å². The van der Waals surface area contributed by atoms with Crippen molar-refractivity contribution in [2.75, 3.05) is 13.2 Å². The van der Waals surface area contributed by atoms with Gasteiger partial charge in [0.1, 0.15) is 0 Å². The quantitative estimate of drug-likeness (QED) is 0.405. The highest BCUT2D eigenvalue weighted by Gasteiger charge is 2.05. The minimum atomic E-state index is -0.569. The highest BCUT2D eigenvalue weighted by Crippen LogP contribution is 1.87. The normalized spacial score (nSPS) is 10.5. The molecule has 0 aliphatic carbocycles. The van der Waals surface area contributed by atoms with Crippen LogP contribution in [0.1, 0.15) is 0 Å². The standard InChI is InChI=1S/C18H20N2O4/c21-17(23-15-13-19-9-3-1-4-10-19)7-8-18(22)24-16-14-20-11-5-2-6-12-20/h1-12H,13-16H2/q+2/b8-7+. The van der Waals surface area contributed by atoms with Crippen LogP contribution in [0.25, 0.3) is 0 Å². The molecule has 24 heavy (non-hydrogen) atoms. The summed E-state index contributed by atoms with van der Waals surface area (Å²) in [5.41, 5.74) is 0. The van der Waals surface area contributed by atoms with Gasteiger partial charge in [-0.2, -0.15) is 0 Å². The van der Waals surface area contributed by atoms with E-state index in [4.69, 9.17) is 9.47 Å². The van der Waals surface area contributed by atoms with Gasteiger partial charge in [-0.1, -0.05) is 12.1 Å². The van der Waals surface area contributed by atoms with Crippen molar-refractivity contribution < 1.29 is 28.2 Å². The zero-order valence-electron chi connectivity index (χ0n) is 13.3. The molecular formula is C18H20N2O4+2. The molecule has 0 saturated heterocycles. The van der Waals surface area contributed by atoms with Crippen LogP contribution in [-0.4, -0.2) is 25.2 Å². The van der Waals surface area contributed by atoms with E-state index in [0.717, 1.165) is 12.2 Å². The van der Waals surface area contributed by atoms with Crippen LogP contribution in [0.4, 0.5) is 0 Å². The molecule has 0 unspecified atom stereocenters. The van der Waals surface area contributed by atoms with Gasteiger partial charge < -0.3 is 9.47 Å². The minimum Gasteiger partial charge on any atom is -0.456 e. The molecule has 2 heterocycles. The molecule has 0 amide bonds. The Morgan fingerprint density at radius 2 is 1.04 bits per heavy atom. The van der Waals surface area contributed by atoms with E-state index in [-0.39, 0.29) is 13.2 Å². The monoisotopic (exact) mass is 328 g/mol. The Kier molecular flexibility index (Phi) is 7.14. The third-order valence-electron chi connectivity index (χ3n) is 3.10. The van der Waals surface area contributed by atoms with E-state index in [1.807, 2.05) is 70.3 Å². The minimum absolute atomic E-state index is 0.234. The first-order chi connectivity index (χ1) is 11.7. The predicted molar refractivity (Wildman–Crippen MR) is 84.3 cm³/mol. The first kappa shape index (κ1) is 17.3. The summed E-state index contributed by atoms with van der Waals surface area (Å²) < 4.78 is 13.8. The fourth-order valence-electron chi connectivity index (χ4n) is 1.90. The van der Waals surface area contributed by atoms with Crippen LogP contribution in [0.2, 0.25) is 0 Å². The van der Waals surface area contributed by atoms with Crippen molar-refractivity contribution in [3.8, 4) is 0 Å². The van der Waals surface area contributed by atoms with Crippen LogP contribution in [0.5, 0.6) is 0 Å². The molecule has 0 aliphatic rings. The summed E-state index contributed by atoms with van der Waals surface area (Å²) in [4.78, 5) is 23.0. The summed E-state index contributed by atoms with van der Waals surface area (Å²) in [6.07, 6.45) is 9.68. The second-order valence-electron chi connectivity index (χ2n) is 4.89. The number of hydrogen-bond acceptors (Lipinski definition) is 4. The number of aromatic nitrogens is 2. The largest absolute Gasteiger partial charge is 0.456 e. The molecule has 2 aromatic rings. The number of ether oxygens (including phenoxy) is 2. The second kappa shape index (κ2) is 9.89. The van der Waals surface area contributed by atoms with Gasteiger partial charge in [0.2, 0.25) is 0 Å². The zero-order chi connectivity index (χ0) is 17.0. The van der Waals surface area contributed by atoms with Crippen LogP contribution in [0.15, 0.2) is 73.3 Å². The van der Waals surface area contributed by atoms with Gasteiger partial charge in [0, 0.05) is 36.4 Å². The van der Waals surface area contributed by atoms with Gasteiger partial charge in [0.15, 0.2) is 51.1 Å². The van der Waals surface area contributed by atoms with Gasteiger partial charge in [0.25, 0.3) is 0 Å². The average Bonchev–Trinajstić information content (AvgIpc) is 2.62. The summed E-state index contributed by atoms with van der Waals surface area (Å²) in [5, 5.41) is 0. The van der Waals surface area contributed by atoms with Crippen molar-refractivity contribution in [1.29, 1.82) is 0 Å². The van der Waals surface area contributed by atoms with Crippen LogP contribution in [0.3, 0.4) is 0 Å². The molecule has 0 fully saturated rings. The summed E-state index contributed by atoms with van der Waals surface area (Å²) >= 11 is 0. The number of nitrogens with zero attached hydrogens (tertiary/aromatic N) is 2. The molecular weight excluding hydrogens is 308 g/mol. The average molecular weight is 328 g/mol. The third-order valence-corrected chi connectivity index (χ3v) is 3.10. The molecule has 6 heteroatoms. The number of carbonyl (C=O) groups excluding carboxylic acids is 2. The van der Waals surface area contributed by atoms with E-state index in [9.17, 15) is 9.59 Å². The summed E-state index contributed by atoms with van der Waals surface area (Å²) in [7, 11) is 0. The van der Waals surface area contributed by atoms with Crippen molar-refractivity contribution >= 4 is 11.9 Å². The summed E-state index contributed by atoms with van der Waals surface area (Å²) in [5.74, 6) is -1.14. The van der Waals surface area contributed by atoms with Gasteiger partial charge in [-0.3, -0.25) is 0 Å². The van der Waals surface area contributed by atoms with E-state index >= 15 is 0 Å². The molecule has 0 saturated carbocycles. The Labute approximate surface area is 140 Å². The number of rotatable bonds is 8. The third kappa shape index (κ3) is 6.83. The van der Waals surface area contributed by atoms with E-state index < -0.39 is 11.9 Å². The number of pyridine rings is 2. The highest BCUT2D eigenvalue weighted by atomic mass is 16.5. The van der Waals surface area contributed by atoms with Crippen molar-refractivity contribution in [1.82, 2.24) is 0 Å². The molecule has 0 aromatic carbocycles. The molecule has 2 rings (SSSR count). The van der Waals surface area contributed by atoms with Crippen LogP contribution in [-0.2, 0) is 32.2 Å². The van der Waals surface area contributed by atoms with Crippen LogP contribution < -0.4 is 9.13 Å². The fourth-order valence-corrected chi connectivity index (χ4v) is 1.90. The lowest BCUT2D eigenvalue weighted by atomic mass is 10.4. The summed E-state index contributed by atoms with van der Waals surface area (Å²) in [6, 6.07) is 11.4. The number of hydrogen-bond donors (Lipinski definition) is 0. The molecule has 6 nitrogen and oxygen atoms in total. The smallest absolute Gasteiger partial charge is 0.331 e. The fraction of sp³-hybridized carbons (Fsp3) is 0.222. The van der Waals surface area contributed by atoms with Crippen LogP contribution in [0, 0.1) is 0 Å². The van der Waals surface area contributed by atoms with Gasteiger partial charge >= 0.3 is 11.9 Å². The van der Waals surface area contributed by atoms with Gasteiger partial charge in [0.05, 0.1) is 0 Å². The van der Waals surface area contributed by atoms with Crippen molar-refractivity contribution in [2.24, 2.45) is 0 Å². The summed E-state index contributed by atoms with van der Waals surface area (Å²) in [6.45, 7) is 1.58. The van der Waals surface area contributed by atoms with Crippen LogP contribution >= 0.6 is 0 Å². The lowest BCUT2D eigenvalue weighted by Gasteiger charge is -2.00. The Balaban J connectivity index is 1.61. The number of esters is 2. The Hall–Kier alpha value is -3.02. The molecule has 2 aromatic heterocycles. The zero-order valence-corrected chi connectivity index (χ0v) is 13.3.